The first-order chi connectivity index (χ1) is 11.3. The smallest absolute Gasteiger partial charge is 0.226 e. The minimum absolute atomic E-state index is 0.0635. The van der Waals surface area contributed by atoms with Gasteiger partial charge in [0.15, 0.2) is 10.9 Å². The Morgan fingerprint density at radius 3 is 2.92 bits per heavy atom. The van der Waals surface area contributed by atoms with E-state index in [1.807, 2.05) is 24.3 Å². The number of aromatic nitrogens is 1. The van der Waals surface area contributed by atoms with Crippen LogP contribution >= 0.6 is 22.9 Å². The third kappa shape index (κ3) is 4.02. The fourth-order valence-electron chi connectivity index (χ4n) is 2.91. The first-order valence-corrected chi connectivity index (χ1v) is 9.09. The molecule has 0 aliphatic heterocycles. The van der Waals surface area contributed by atoms with Crippen molar-refractivity contribution in [2.75, 3.05) is 5.32 Å². The summed E-state index contributed by atoms with van der Waals surface area (Å²) in [6.45, 7) is 4.13. The monoisotopic (exact) mass is 362 g/mol. The van der Waals surface area contributed by atoms with Crippen LogP contribution in [0, 0.1) is 5.41 Å². The van der Waals surface area contributed by atoms with Crippen molar-refractivity contribution in [2.24, 2.45) is 5.41 Å². The Morgan fingerprint density at radius 2 is 2.17 bits per heavy atom. The summed E-state index contributed by atoms with van der Waals surface area (Å²) in [6, 6.07) is 7.49. The van der Waals surface area contributed by atoms with E-state index in [0.717, 1.165) is 17.7 Å². The summed E-state index contributed by atoms with van der Waals surface area (Å²) < 4.78 is 0. The number of ketones is 1. The SMILES string of the molecule is CC1(C)CC(=O)c2sc(NC(=O)CCc3cccc(Cl)c3)nc2C1. The molecule has 1 aromatic heterocycles. The number of thiazole rings is 1. The standard InChI is InChI=1S/C18H19ClN2O2S/c1-18(2)9-13-16(14(22)10-18)24-17(20-13)21-15(23)7-6-11-4-3-5-12(19)8-11/h3-5,8H,6-7,9-10H2,1-2H3,(H,20,21,23). The Hall–Kier alpha value is -1.72. The lowest BCUT2D eigenvalue weighted by atomic mass is 9.78. The van der Waals surface area contributed by atoms with Crippen LogP contribution in [-0.2, 0) is 17.6 Å². The summed E-state index contributed by atoms with van der Waals surface area (Å²) in [7, 11) is 0. The van der Waals surface area contributed by atoms with Gasteiger partial charge in [0.2, 0.25) is 5.91 Å². The number of amides is 1. The van der Waals surface area contributed by atoms with Gasteiger partial charge in [0.1, 0.15) is 0 Å². The van der Waals surface area contributed by atoms with Gasteiger partial charge in [-0.05, 0) is 36.0 Å². The number of hydrogen-bond donors (Lipinski definition) is 1. The number of carbonyl (C=O) groups excluding carboxylic acids is 2. The molecule has 24 heavy (non-hydrogen) atoms. The number of benzene rings is 1. The number of rotatable bonds is 4. The number of hydrogen-bond acceptors (Lipinski definition) is 4. The van der Waals surface area contributed by atoms with Gasteiger partial charge in [-0.2, -0.15) is 0 Å². The fraction of sp³-hybridized carbons (Fsp3) is 0.389. The lowest BCUT2D eigenvalue weighted by Crippen LogP contribution is -2.26. The van der Waals surface area contributed by atoms with E-state index in [-0.39, 0.29) is 17.1 Å². The predicted molar refractivity (Wildman–Crippen MR) is 96.9 cm³/mol. The molecule has 1 aliphatic carbocycles. The van der Waals surface area contributed by atoms with Crippen molar-refractivity contribution in [1.82, 2.24) is 4.98 Å². The van der Waals surface area contributed by atoms with Gasteiger partial charge < -0.3 is 5.32 Å². The highest BCUT2D eigenvalue weighted by Crippen LogP contribution is 2.38. The summed E-state index contributed by atoms with van der Waals surface area (Å²) in [6.07, 6.45) is 2.26. The first kappa shape index (κ1) is 17.1. The second-order valence-electron chi connectivity index (χ2n) is 6.91. The molecule has 1 amide bonds. The van der Waals surface area contributed by atoms with Crippen molar-refractivity contribution in [3.05, 3.63) is 45.4 Å². The average Bonchev–Trinajstić information content (AvgIpc) is 2.86. The number of aryl methyl sites for hydroxylation is 1. The van der Waals surface area contributed by atoms with Gasteiger partial charge >= 0.3 is 0 Å². The van der Waals surface area contributed by atoms with E-state index in [9.17, 15) is 9.59 Å². The van der Waals surface area contributed by atoms with Crippen LogP contribution in [-0.4, -0.2) is 16.7 Å². The summed E-state index contributed by atoms with van der Waals surface area (Å²) in [4.78, 5) is 29.5. The van der Waals surface area contributed by atoms with Crippen molar-refractivity contribution in [2.45, 2.75) is 39.5 Å². The summed E-state index contributed by atoms with van der Waals surface area (Å²) in [5.41, 5.74) is 1.77. The van der Waals surface area contributed by atoms with Gasteiger partial charge in [0, 0.05) is 17.9 Å². The number of carbonyl (C=O) groups is 2. The molecular formula is C18H19ClN2O2S. The second-order valence-corrected chi connectivity index (χ2v) is 8.35. The van der Waals surface area contributed by atoms with E-state index in [4.69, 9.17) is 11.6 Å². The van der Waals surface area contributed by atoms with Crippen molar-refractivity contribution in [3.8, 4) is 0 Å². The topological polar surface area (TPSA) is 59.1 Å². The largest absolute Gasteiger partial charge is 0.302 e. The number of halogens is 1. The highest BCUT2D eigenvalue weighted by atomic mass is 35.5. The second kappa shape index (κ2) is 6.65. The van der Waals surface area contributed by atoms with E-state index in [1.54, 1.807) is 0 Å². The van der Waals surface area contributed by atoms with E-state index in [1.165, 1.54) is 11.3 Å². The molecule has 6 heteroatoms. The van der Waals surface area contributed by atoms with Gasteiger partial charge in [0.25, 0.3) is 0 Å². The molecule has 0 atom stereocenters. The van der Waals surface area contributed by atoms with Crippen molar-refractivity contribution < 1.29 is 9.59 Å². The molecule has 3 rings (SSSR count). The Labute approximate surface area is 150 Å². The van der Waals surface area contributed by atoms with Gasteiger partial charge in [-0.3, -0.25) is 9.59 Å². The highest BCUT2D eigenvalue weighted by Gasteiger charge is 2.34. The molecule has 0 saturated heterocycles. The maximum Gasteiger partial charge on any atom is 0.226 e. The van der Waals surface area contributed by atoms with E-state index < -0.39 is 0 Å². The zero-order valence-electron chi connectivity index (χ0n) is 13.7. The lowest BCUT2D eigenvalue weighted by molar-refractivity contribution is -0.116. The minimum Gasteiger partial charge on any atom is -0.302 e. The van der Waals surface area contributed by atoms with Crippen LogP contribution in [0.15, 0.2) is 24.3 Å². The first-order valence-electron chi connectivity index (χ1n) is 7.90. The normalized spacial score (nSPS) is 15.9. The molecule has 1 heterocycles. The lowest BCUT2D eigenvalue weighted by Gasteiger charge is -2.26. The molecule has 1 aromatic carbocycles. The minimum atomic E-state index is -0.104. The third-order valence-electron chi connectivity index (χ3n) is 4.01. The molecular weight excluding hydrogens is 344 g/mol. The number of nitrogens with one attached hydrogen (secondary N) is 1. The maximum absolute atomic E-state index is 12.2. The Balaban J connectivity index is 1.62. The molecule has 4 nitrogen and oxygen atoms in total. The molecule has 0 bridgehead atoms. The van der Waals surface area contributed by atoms with Crippen molar-refractivity contribution in [1.29, 1.82) is 0 Å². The molecule has 2 aromatic rings. The Bertz CT molecular complexity index is 798. The van der Waals surface area contributed by atoms with Crippen LogP contribution in [0.1, 0.15) is 47.6 Å². The van der Waals surface area contributed by atoms with Crippen molar-refractivity contribution >= 4 is 39.8 Å². The molecule has 1 aliphatic rings. The van der Waals surface area contributed by atoms with Crippen LogP contribution in [0.4, 0.5) is 5.13 Å². The number of fused-ring (bicyclic) bond motifs is 1. The molecule has 126 valence electrons. The molecule has 1 N–H and O–H groups in total. The Morgan fingerprint density at radius 1 is 1.38 bits per heavy atom. The quantitative estimate of drug-likeness (QED) is 0.869. The van der Waals surface area contributed by atoms with Gasteiger partial charge in [-0.1, -0.05) is 48.9 Å². The zero-order valence-corrected chi connectivity index (χ0v) is 15.3. The Kier molecular flexibility index (Phi) is 4.74. The molecule has 0 saturated carbocycles. The van der Waals surface area contributed by atoms with Crippen LogP contribution in [0.25, 0.3) is 0 Å². The van der Waals surface area contributed by atoms with E-state index >= 15 is 0 Å². The zero-order chi connectivity index (χ0) is 17.3. The van der Waals surface area contributed by atoms with Crippen LogP contribution in [0.3, 0.4) is 0 Å². The number of anilines is 1. The van der Waals surface area contributed by atoms with Crippen LogP contribution < -0.4 is 5.32 Å². The summed E-state index contributed by atoms with van der Waals surface area (Å²) >= 11 is 7.23. The molecule has 0 spiro atoms. The summed E-state index contributed by atoms with van der Waals surface area (Å²) in [5.74, 6) is 0.0194. The van der Waals surface area contributed by atoms with Crippen LogP contribution in [0.2, 0.25) is 5.02 Å². The fourth-order valence-corrected chi connectivity index (χ4v) is 4.05. The molecule has 0 fully saturated rings. The van der Waals surface area contributed by atoms with Gasteiger partial charge in [0.05, 0.1) is 10.6 Å². The van der Waals surface area contributed by atoms with Crippen molar-refractivity contribution in [3.63, 3.8) is 0 Å². The van der Waals surface area contributed by atoms with Crippen LogP contribution in [0.5, 0.6) is 0 Å². The summed E-state index contributed by atoms with van der Waals surface area (Å²) in [5, 5.41) is 4.00. The van der Waals surface area contributed by atoms with E-state index in [0.29, 0.717) is 34.3 Å². The number of Topliss-reactive ketones (excluding diaryl/α,β-unsaturated/α-hetero) is 1. The van der Waals surface area contributed by atoms with E-state index in [2.05, 4.69) is 24.1 Å². The third-order valence-corrected chi connectivity index (χ3v) is 5.30. The number of nitrogens with zero attached hydrogens (tertiary/aromatic N) is 1. The van der Waals surface area contributed by atoms with Gasteiger partial charge in [-0.25, -0.2) is 4.98 Å². The van der Waals surface area contributed by atoms with Gasteiger partial charge in [-0.15, -0.1) is 0 Å². The maximum atomic E-state index is 12.2. The molecule has 0 unspecified atom stereocenters. The predicted octanol–water partition coefficient (Wildman–Crippen LogP) is 4.52. The molecule has 0 radical (unpaired) electrons. The highest BCUT2D eigenvalue weighted by molar-refractivity contribution is 7.17. The average molecular weight is 363 g/mol.